The molecular weight excluding hydrogens is 266 g/mol. The summed E-state index contributed by atoms with van der Waals surface area (Å²) < 4.78 is 51.1. The maximum Gasteiger partial charge on any atom is 0.261 e. The Morgan fingerprint density at radius 3 is 2.47 bits per heavy atom. The van der Waals surface area contributed by atoms with Crippen LogP contribution in [-0.2, 0) is 0 Å². The van der Waals surface area contributed by atoms with E-state index in [0.29, 0.717) is 25.0 Å². The highest BCUT2D eigenvalue weighted by Crippen LogP contribution is 2.31. The van der Waals surface area contributed by atoms with Crippen molar-refractivity contribution in [2.45, 2.75) is 25.3 Å². The van der Waals surface area contributed by atoms with Crippen molar-refractivity contribution in [3.8, 4) is 5.75 Å². The third-order valence-electron chi connectivity index (χ3n) is 2.83. The number of hydrogen-bond donors (Lipinski definition) is 1. The number of phenolic OH excluding ortho intramolecular Hbond substituents is 1. The van der Waals surface area contributed by atoms with Crippen molar-refractivity contribution >= 4 is 5.91 Å². The van der Waals surface area contributed by atoms with Gasteiger partial charge in [0, 0.05) is 18.2 Å². The van der Waals surface area contributed by atoms with Crippen molar-refractivity contribution in [1.29, 1.82) is 0 Å². The van der Waals surface area contributed by atoms with Crippen molar-refractivity contribution in [2.24, 2.45) is 0 Å². The lowest BCUT2D eigenvalue weighted by atomic mass is 10.1. The molecule has 7 heteroatoms. The first-order valence-corrected chi connectivity index (χ1v) is 5.67. The molecule has 104 valence electrons. The fourth-order valence-electron chi connectivity index (χ4n) is 1.85. The molecule has 1 aliphatic rings. The van der Waals surface area contributed by atoms with E-state index in [1.54, 1.807) is 0 Å². The normalized spacial score (nSPS) is 14.8. The predicted octanol–water partition coefficient (Wildman–Crippen LogP) is 2.54. The summed E-state index contributed by atoms with van der Waals surface area (Å²) in [4.78, 5) is 12.8. The molecule has 0 heterocycles. The van der Waals surface area contributed by atoms with Gasteiger partial charge in [0.25, 0.3) is 12.3 Å². The van der Waals surface area contributed by atoms with Crippen LogP contribution < -0.4 is 0 Å². The number of rotatable bonds is 4. The highest BCUT2D eigenvalue weighted by Gasteiger charge is 2.36. The van der Waals surface area contributed by atoms with Gasteiger partial charge in [-0.1, -0.05) is 0 Å². The number of benzene rings is 1. The van der Waals surface area contributed by atoms with E-state index in [1.807, 2.05) is 0 Å². The monoisotopic (exact) mass is 277 g/mol. The van der Waals surface area contributed by atoms with E-state index < -0.39 is 41.8 Å². The van der Waals surface area contributed by atoms with Gasteiger partial charge in [0.15, 0.2) is 0 Å². The third-order valence-corrected chi connectivity index (χ3v) is 2.83. The lowest BCUT2D eigenvalue weighted by Crippen LogP contribution is -2.37. The maximum absolute atomic E-state index is 13.5. The first-order valence-electron chi connectivity index (χ1n) is 5.67. The van der Waals surface area contributed by atoms with E-state index in [9.17, 15) is 27.5 Å². The highest BCUT2D eigenvalue weighted by atomic mass is 19.3. The average molecular weight is 277 g/mol. The molecule has 1 aromatic rings. The van der Waals surface area contributed by atoms with Crippen LogP contribution in [0.2, 0.25) is 0 Å². The minimum absolute atomic E-state index is 0.370. The van der Waals surface area contributed by atoms with Gasteiger partial charge in [0.05, 0.1) is 6.54 Å². The summed E-state index contributed by atoms with van der Waals surface area (Å²) in [5, 5.41) is 9.41. The van der Waals surface area contributed by atoms with E-state index in [1.165, 1.54) is 0 Å². The predicted molar refractivity (Wildman–Crippen MR) is 58.1 cm³/mol. The van der Waals surface area contributed by atoms with E-state index in [2.05, 4.69) is 0 Å². The molecule has 2 rings (SSSR count). The summed E-state index contributed by atoms with van der Waals surface area (Å²) in [7, 11) is 0. The van der Waals surface area contributed by atoms with Gasteiger partial charge in [-0.3, -0.25) is 4.79 Å². The minimum Gasteiger partial charge on any atom is -0.507 e. The molecular formula is C12H11F4NO2. The van der Waals surface area contributed by atoms with Crippen LogP contribution in [0.5, 0.6) is 5.75 Å². The van der Waals surface area contributed by atoms with Gasteiger partial charge in [0.2, 0.25) is 0 Å². The number of carbonyl (C=O) groups is 1. The van der Waals surface area contributed by atoms with Crippen molar-refractivity contribution in [3.05, 3.63) is 29.3 Å². The molecule has 1 N–H and O–H groups in total. The van der Waals surface area contributed by atoms with E-state index in [4.69, 9.17) is 0 Å². The zero-order valence-corrected chi connectivity index (χ0v) is 9.75. The van der Waals surface area contributed by atoms with Crippen molar-refractivity contribution in [2.75, 3.05) is 6.54 Å². The van der Waals surface area contributed by atoms with Crippen LogP contribution in [0.1, 0.15) is 23.2 Å². The van der Waals surface area contributed by atoms with Gasteiger partial charge in [-0.05, 0) is 12.8 Å². The third kappa shape index (κ3) is 2.97. The first-order chi connectivity index (χ1) is 8.90. The summed E-state index contributed by atoms with van der Waals surface area (Å²) in [5.41, 5.74) is -0.769. The fourth-order valence-corrected chi connectivity index (χ4v) is 1.85. The number of nitrogens with zero attached hydrogens (tertiary/aromatic N) is 1. The summed E-state index contributed by atoms with van der Waals surface area (Å²) in [6.07, 6.45) is -1.64. The van der Waals surface area contributed by atoms with Gasteiger partial charge >= 0.3 is 0 Å². The molecule has 0 saturated heterocycles. The molecule has 0 spiro atoms. The lowest BCUT2D eigenvalue weighted by Gasteiger charge is -2.22. The SMILES string of the molecule is O=C(c1c(O)cc(F)cc1F)N(CC(F)F)C1CC1. The largest absolute Gasteiger partial charge is 0.507 e. The fraction of sp³-hybridized carbons (Fsp3) is 0.417. The average Bonchev–Trinajstić information content (AvgIpc) is 3.07. The number of aromatic hydroxyl groups is 1. The molecule has 1 aliphatic carbocycles. The summed E-state index contributed by atoms with van der Waals surface area (Å²) >= 11 is 0. The summed E-state index contributed by atoms with van der Waals surface area (Å²) in [6.45, 7) is -0.834. The molecule has 0 aromatic heterocycles. The van der Waals surface area contributed by atoms with Crippen molar-refractivity contribution < 1.29 is 27.5 Å². The second-order valence-electron chi connectivity index (χ2n) is 4.36. The Kier molecular flexibility index (Phi) is 3.64. The summed E-state index contributed by atoms with van der Waals surface area (Å²) in [5.74, 6) is -4.24. The highest BCUT2D eigenvalue weighted by molar-refractivity contribution is 5.97. The van der Waals surface area contributed by atoms with Crippen LogP contribution in [-0.4, -0.2) is 34.9 Å². The van der Waals surface area contributed by atoms with Crippen LogP contribution in [0.4, 0.5) is 17.6 Å². The second-order valence-corrected chi connectivity index (χ2v) is 4.36. The Morgan fingerprint density at radius 2 is 2.00 bits per heavy atom. The van der Waals surface area contributed by atoms with Crippen LogP contribution in [0.25, 0.3) is 0 Å². The quantitative estimate of drug-likeness (QED) is 0.859. The molecule has 19 heavy (non-hydrogen) atoms. The Balaban J connectivity index is 2.31. The second kappa shape index (κ2) is 5.07. The van der Waals surface area contributed by atoms with Crippen LogP contribution >= 0.6 is 0 Å². The van der Waals surface area contributed by atoms with Crippen LogP contribution in [0.15, 0.2) is 12.1 Å². The van der Waals surface area contributed by atoms with Gasteiger partial charge in [-0.25, -0.2) is 17.6 Å². The maximum atomic E-state index is 13.5. The van der Waals surface area contributed by atoms with Crippen LogP contribution in [0, 0.1) is 11.6 Å². The number of carbonyl (C=O) groups excluding carboxylic acids is 1. The molecule has 0 atom stereocenters. The molecule has 0 aliphatic heterocycles. The molecule has 1 amide bonds. The minimum atomic E-state index is -2.75. The molecule has 1 fully saturated rings. The zero-order chi connectivity index (χ0) is 14.2. The van der Waals surface area contributed by atoms with Gasteiger partial charge < -0.3 is 10.0 Å². The molecule has 0 radical (unpaired) electrons. The number of halogens is 4. The smallest absolute Gasteiger partial charge is 0.261 e. The molecule has 0 unspecified atom stereocenters. The zero-order valence-electron chi connectivity index (χ0n) is 9.75. The number of phenols is 1. The van der Waals surface area contributed by atoms with Crippen molar-refractivity contribution in [1.82, 2.24) is 4.90 Å². The molecule has 0 bridgehead atoms. The van der Waals surface area contributed by atoms with Crippen molar-refractivity contribution in [3.63, 3.8) is 0 Å². The van der Waals surface area contributed by atoms with E-state index >= 15 is 0 Å². The standard InChI is InChI=1S/C12H11F4NO2/c13-6-3-8(14)11(9(18)4-6)12(19)17(5-10(15)16)7-1-2-7/h3-4,7,10,18H,1-2,5H2. The molecule has 1 saturated carbocycles. The van der Waals surface area contributed by atoms with Gasteiger partial charge in [0.1, 0.15) is 22.9 Å². The molecule has 3 nitrogen and oxygen atoms in total. The Hall–Kier alpha value is -1.79. The summed E-state index contributed by atoms with van der Waals surface area (Å²) in [6, 6.07) is 0.634. The van der Waals surface area contributed by atoms with Crippen LogP contribution in [0.3, 0.4) is 0 Å². The van der Waals surface area contributed by atoms with E-state index in [0.717, 1.165) is 4.90 Å². The number of hydrogen-bond acceptors (Lipinski definition) is 2. The van der Waals surface area contributed by atoms with Gasteiger partial charge in [-0.15, -0.1) is 0 Å². The Labute approximate surface area is 106 Å². The van der Waals surface area contributed by atoms with Gasteiger partial charge in [-0.2, -0.15) is 0 Å². The number of alkyl halides is 2. The van der Waals surface area contributed by atoms with E-state index in [-0.39, 0.29) is 6.04 Å². The lowest BCUT2D eigenvalue weighted by molar-refractivity contribution is 0.0527. The Morgan fingerprint density at radius 1 is 1.37 bits per heavy atom. The first kappa shape index (κ1) is 13.6. The molecule has 1 aromatic carbocycles. The Bertz CT molecular complexity index is 479. The topological polar surface area (TPSA) is 40.5 Å². The number of amides is 1.